The lowest BCUT2D eigenvalue weighted by Crippen LogP contribution is -2.45. The van der Waals surface area contributed by atoms with Gasteiger partial charge in [-0.1, -0.05) is 12.8 Å². The molecule has 0 unspecified atom stereocenters. The number of hydrogen-bond donors (Lipinski definition) is 1. The van der Waals surface area contributed by atoms with Gasteiger partial charge in [0.1, 0.15) is 6.04 Å². The van der Waals surface area contributed by atoms with Crippen LogP contribution in [0, 0.1) is 17.8 Å². The summed E-state index contributed by atoms with van der Waals surface area (Å²) in [7, 11) is 1.41. The molecule has 2 aliphatic heterocycles. The molecule has 0 spiro atoms. The average molecular weight is 425 g/mol. The van der Waals surface area contributed by atoms with Crippen LogP contribution in [0.25, 0.3) is 0 Å². The Kier molecular flexibility index (Phi) is 4.96. The normalized spacial score (nSPS) is 31.2. The molecule has 4 rings (SSSR count). The number of aromatic nitrogens is 1. The summed E-state index contributed by atoms with van der Waals surface area (Å²) < 4.78 is 7.44. The molecule has 2 fully saturated rings. The molecule has 6 nitrogen and oxygen atoms in total. The van der Waals surface area contributed by atoms with E-state index in [9.17, 15) is 14.7 Å². The molecule has 3 heterocycles. The predicted molar refractivity (Wildman–Crippen MR) is 99.7 cm³/mol. The quantitative estimate of drug-likeness (QED) is 0.747. The van der Waals surface area contributed by atoms with Gasteiger partial charge in [-0.3, -0.25) is 14.5 Å². The number of hydrogen-bond acceptors (Lipinski definition) is 5. The van der Waals surface area contributed by atoms with Crippen molar-refractivity contribution in [3.8, 4) is 0 Å². The topological polar surface area (TPSA) is 71.8 Å². The first-order chi connectivity index (χ1) is 12.6. The lowest BCUT2D eigenvalue weighted by Gasteiger charge is -2.31. The van der Waals surface area contributed by atoms with Crippen molar-refractivity contribution < 1.29 is 14.6 Å². The summed E-state index contributed by atoms with van der Waals surface area (Å²) in [6.07, 6.45) is 4.83. The number of halogens is 1. The number of pyridine rings is 1. The largest absolute Gasteiger partial charge is 0.468 e. The highest BCUT2D eigenvalue weighted by Crippen LogP contribution is 2.50. The van der Waals surface area contributed by atoms with Crippen LogP contribution >= 0.6 is 15.9 Å². The zero-order valence-corrected chi connectivity index (χ0v) is 16.5. The summed E-state index contributed by atoms with van der Waals surface area (Å²) in [5.74, 6) is 0.123. The van der Waals surface area contributed by atoms with E-state index >= 15 is 0 Å². The van der Waals surface area contributed by atoms with Crippen LogP contribution in [0.3, 0.4) is 0 Å². The minimum absolute atomic E-state index is 0.0161. The molecule has 142 valence electrons. The number of rotatable bonds is 4. The van der Waals surface area contributed by atoms with E-state index < -0.39 is 6.04 Å². The van der Waals surface area contributed by atoms with Gasteiger partial charge in [-0.2, -0.15) is 0 Å². The van der Waals surface area contributed by atoms with Crippen molar-refractivity contribution in [1.82, 2.24) is 9.47 Å². The Hall–Kier alpha value is -1.18. The highest BCUT2D eigenvalue weighted by molar-refractivity contribution is 9.10. The van der Waals surface area contributed by atoms with Crippen LogP contribution < -0.4 is 5.56 Å². The van der Waals surface area contributed by atoms with Crippen molar-refractivity contribution in [3.63, 3.8) is 0 Å². The van der Waals surface area contributed by atoms with E-state index in [1.807, 2.05) is 6.07 Å². The van der Waals surface area contributed by atoms with Crippen LogP contribution in [0.4, 0.5) is 0 Å². The zero-order chi connectivity index (χ0) is 18.4. The van der Waals surface area contributed by atoms with Gasteiger partial charge in [0.05, 0.1) is 17.6 Å². The Morgan fingerprint density at radius 1 is 1.35 bits per heavy atom. The van der Waals surface area contributed by atoms with E-state index in [-0.39, 0.29) is 36.0 Å². The van der Waals surface area contributed by atoms with Gasteiger partial charge in [0, 0.05) is 37.2 Å². The summed E-state index contributed by atoms with van der Waals surface area (Å²) in [6, 6.07) is 3.32. The number of likely N-dealkylation sites (tertiary alicyclic amines) is 1. The fourth-order valence-electron chi connectivity index (χ4n) is 5.37. The first kappa shape index (κ1) is 18.2. The standard InChI is InChI=1S/C19H25BrN2O4/c1-26-19(25)17-13(10-23)12-9-21-15(7-6-14(20)18(21)24)16(12)22(17)8-11-4-2-3-5-11/h6-7,11-13,16-17,23H,2-5,8-10H2,1H3/t12-,13-,16+,17-/m0/s1. The van der Waals surface area contributed by atoms with E-state index in [2.05, 4.69) is 20.8 Å². The van der Waals surface area contributed by atoms with Crippen LogP contribution in [0.1, 0.15) is 37.4 Å². The Morgan fingerprint density at radius 2 is 2.08 bits per heavy atom. The first-order valence-electron chi connectivity index (χ1n) is 9.40. The van der Waals surface area contributed by atoms with Crippen molar-refractivity contribution in [2.75, 3.05) is 20.3 Å². The van der Waals surface area contributed by atoms with Crippen molar-refractivity contribution in [3.05, 3.63) is 32.7 Å². The number of aliphatic hydroxyl groups is 1. The van der Waals surface area contributed by atoms with Crippen molar-refractivity contribution in [1.29, 1.82) is 0 Å². The molecule has 1 aliphatic carbocycles. The van der Waals surface area contributed by atoms with Crippen molar-refractivity contribution in [2.24, 2.45) is 17.8 Å². The molecule has 0 radical (unpaired) electrons. The van der Waals surface area contributed by atoms with Crippen LogP contribution in [0.5, 0.6) is 0 Å². The van der Waals surface area contributed by atoms with Gasteiger partial charge in [0.15, 0.2) is 0 Å². The molecule has 7 heteroatoms. The highest BCUT2D eigenvalue weighted by Gasteiger charge is 2.56. The number of aliphatic hydroxyl groups excluding tert-OH is 1. The molecule has 3 aliphatic rings. The van der Waals surface area contributed by atoms with Crippen molar-refractivity contribution in [2.45, 2.75) is 44.3 Å². The second-order valence-electron chi connectivity index (χ2n) is 7.79. The second-order valence-corrected chi connectivity index (χ2v) is 8.65. The number of carbonyl (C=O) groups excluding carboxylic acids is 1. The summed E-state index contributed by atoms with van der Waals surface area (Å²) in [6.45, 7) is 1.28. The first-order valence-corrected chi connectivity index (χ1v) is 10.2. The van der Waals surface area contributed by atoms with Gasteiger partial charge in [-0.05, 0) is 46.8 Å². The fourth-order valence-corrected chi connectivity index (χ4v) is 5.71. The van der Waals surface area contributed by atoms with E-state index in [0.717, 1.165) is 12.2 Å². The third-order valence-corrected chi connectivity index (χ3v) is 7.13. The molecule has 0 aromatic carbocycles. The Bertz CT molecular complexity index is 758. The minimum Gasteiger partial charge on any atom is -0.468 e. The highest BCUT2D eigenvalue weighted by atomic mass is 79.9. The summed E-state index contributed by atoms with van der Waals surface area (Å²) >= 11 is 3.32. The number of methoxy groups -OCH3 is 1. The molecule has 0 bridgehead atoms. The fraction of sp³-hybridized carbons (Fsp3) is 0.684. The molecule has 26 heavy (non-hydrogen) atoms. The van der Waals surface area contributed by atoms with Crippen molar-refractivity contribution >= 4 is 21.9 Å². The molecule has 1 saturated carbocycles. The Labute approximate surface area is 161 Å². The number of fused-ring (bicyclic) bond motifs is 3. The molecular weight excluding hydrogens is 400 g/mol. The lowest BCUT2D eigenvalue weighted by molar-refractivity contribution is -0.148. The van der Waals surface area contributed by atoms with Crippen LogP contribution in [0.15, 0.2) is 21.4 Å². The average Bonchev–Trinajstić information content (AvgIpc) is 3.34. The monoisotopic (exact) mass is 424 g/mol. The minimum atomic E-state index is -0.437. The summed E-state index contributed by atoms with van der Waals surface area (Å²) in [5.41, 5.74) is 0.912. The number of nitrogens with zero attached hydrogens (tertiary/aromatic N) is 2. The second kappa shape index (κ2) is 7.09. The molecule has 1 saturated heterocycles. The van der Waals surface area contributed by atoms with Gasteiger partial charge in [0.25, 0.3) is 5.56 Å². The zero-order valence-electron chi connectivity index (χ0n) is 14.9. The third-order valence-electron chi connectivity index (χ3n) is 6.53. The van der Waals surface area contributed by atoms with Gasteiger partial charge in [-0.25, -0.2) is 0 Å². The molecule has 0 amide bonds. The maximum atomic E-state index is 12.6. The van der Waals surface area contributed by atoms with Crippen LogP contribution in [-0.4, -0.2) is 46.8 Å². The van der Waals surface area contributed by atoms with Gasteiger partial charge in [0.2, 0.25) is 0 Å². The molecule has 1 N–H and O–H groups in total. The maximum absolute atomic E-state index is 12.6. The molecule has 4 atom stereocenters. The predicted octanol–water partition coefficient (Wildman–Crippen LogP) is 1.94. The third kappa shape index (κ3) is 2.75. The number of ether oxygens (including phenoxy) is 1. The Balaban J connectivity index is 1.76. The Morgan fingerprint density at radius 3 is 2.73 bits per heavy atom. The number of carbonyl (C=O) groups is 1. The van der Waals surface area contributed by atoms with E-state index in [1.54, 1.807) is 10.6 Å². The van der Waals surface area contributed by atoms with Gasteiger partial charge >= 0.3 is 5.97 Å². The smallest absolute Gasteiger partial charge is 0.323 e. The van der Waals surface area contributed by atoms with Gasteiger partial charge in [-0.15, -0.1) is 0 Å². The molecule has 1 aromatic rings. The summed E-state index contributed by atoms with van der Waals surface area (Å²) in [4.78, 5) is 27.4. The maximum Gasteiger partial charge on any atom is 0.323 e. The SMILES string of the molecule is COC(=O)[C@@H]1[C@@H](CO)[C@@H]2Cn3c(ccc(Br)c3=O)[C@@H]2N1CC1CCCC1. The summed E-state index contributed by atoms with van der Waals surface area (Å²) in [5, 5.41) is 10.1. The molecule has 1 aromatic heterocycles. The van der Waals surface area contributed by atoms with Gasteiger partial charge < -0.3 is 14.4 Å². The van der Waals surface area contributed by atoms with E-state index in [0.29, 0.717) is 16.9 Å². The van der Waals surface area contributed by atoms with E-state index in [1.165, 1.54) is 32.8 Å². The van der Waals surface area contributed by atoms with Crippen LogP contribution in [-0.2, 0) is 16.1 Å². The number of esters is 1. The van der Waals surface area contributed by atoms with Crippen LogP contribution in [0.2, 0.25) is 0 Å². The van der Waals surface area contributed by atoms with E-state index in [4.69, 9.17) is 4.74 Å². The lowest BCUT2D eigenvalue weighted by atomic mass is 9.88. The molecular formula is C19H25BrN2O4.